The molecule has 0 spiro atoms. The fraction of sp³-hybridized carbons (Fsp3) is 0.524. The zero-order valence-electron chi connectivity index (χ0n) is 19.4. The van der Waals surface area contributed by atoms with Gasteiger partial charge in [-0.3, -0.25) is 20.2 Å². The topological polar surface area (TPSA) is 170 Å². The van der Waals surface area contributed by atoms with Crippen LogP contribution in [0.15, 0.2) is 30.7 Å². The van der Waals surface area contributed by atoms with Gasteiger partial charge in [0.2, 0.25) is 0 Å². The van der Waals surface area contributed by atoms with E-state index in [1.165, 1.54) is 29.2 Å². The molecule has 14 heteroatoms. The Labute approximate surface area is 201 Å². The molecule has 1 aromatic carbocycles. The van der Waals surface area contributed by atoms with E-state index < -0.39 is 21.6 Å². The molecular formula is C21H29N5O9. The quantitative estimate of drug-likeness (QED) is 0.194. The van der Waals surface area contributed by atoms with E-state index in [0.29, 0.717) is 45.1 Å². The lowest BCUT2D eigenvalue weighted by atomic mass is 10.2. The zero-order valence-corrected chi connectivity index (χ0v) is 19.4. The molecule has 0 bridgehead atoms. The van der Waals surface area contributed by atoms with Crippen LogP contribution in [0.25, 0.3) is 0 Å². The van der Waals surface area contributed by atoms with E-state index in [-0.39, 0.29) is 31.1 Å². The van der Waals surface area contributed by atoms with Gasteiger partial charge >= 0.3 is 6.09 Å². The van der Waals surface area contributed by atoms with Gasteiger partial charge in [-0.1, -0.05) is 6.92 Å². The summed E-state index contributed by atoms with van der Waals surface area (Å²) < 4.78 is 22.3. The molecule has 0 aliphatic rings. The maximum absolute atomic E-state index is 12.1. The van der Waals surface area contributed by atoms with E-state index in [2.05, 4.69) is 10.3 Å². The molecule has 0 fully saturated rings. The summed E-state index contributed by atoms with van der Waals surface area (Å²) >= 11 is 0. The third-order valence-electron chi connectivity index (χ3n) is 4.48. The summed E-state index contributed by atoms with van der Waals surface area (Å²) in [7, 11) is 0. The number of nitro benzene ring substituents is 2. The predicted molar refractivity (Wildman–Crippen MR) is 124 cm³/mol. The van der Waals surface area contributed by atoms with E-state index in [4.69, 9.17) is 18.9 Å². The van der Waals surface area contributed by atoms with Crippen molar-refractivity contribution in [1.82, 2.24) is 9.55 Å². The lowest BCUT2D eigenvalue weighted by Crippen LogP contribution is -2.17. The molecule has 2 rings (SSSR count). The highest BCUT2D eigenvalue weighted by atomic mass is 16.6. The average molecular weight is 495 g/mol. The maximum Gasteiger partial charge on any atom is 0.419 e. The molecule has 192 valence electrons. The number of benzene rings is 1. The number of carbonyl (C=O) groups is 1. The Hall–Kier alpha value is -3.62. The molecule has 0 saturated heterocycles. The first kappa shape index (κ1) is 27.6. The van der Waals surface area contributed by atoms with Crippen molar-refractivity contribution in [3.63, 3.8) is 0 Å². The average Bonchev–Trinajstić information content (AvgIpc) is 3.31. The van der Waals surface area contributed by atoms with Gasteiger partial charge in [0.15, 0.2) is 0 Å². The molecule has 0 aliphatic carbocycles. The Morgan fingerprint density at radius 2 is 1.66 bits per heavy atom. The molecular weight excluding hydrogens is 466 g/mol. The van der Waals surface area contributed by atoms with Crippen LogP contribution >= 0.6 is 0 Å². The number of ether oxygens (including phenoxy) is 4. The monoisotopic (exact) mass is 495 g/mol. The van der Waals surface area contributed by atoms with Gasteiger partial charge in [0, 0.05) is 31.8 Å². The maximum atomic E-state index is 12.1. The number of nitro groups is 2. The van der Waals surface area contributed by atoms with Crippen molar-refractivity contribution in [3.05, 3.63) is 56.6 Å². The molecule has 0 atom stereocenters. The summed E-state index contributed by atoms with van der Waals surface area (Å²) in [4.78, 5) is 36.8. The van der Waals surface area contributed by atoms with E-state index >= 15 is 0 Å². The van der Waals surface area contributed by atoms with Crippen LogP contribution in [0.5, 0.6) is 0 Å². The summed E-state index contributed by atoms with van der Waals surface area (Å²) in [5.74, 6) is 0. The van der Waals surface area contributed by atoms with Gasteiger partial charge < -0.3 is 24.3 Å². The smallest absolute Gasteiger partial charge is 0.419 e. The molecule has 0 saturated carbocycles. The molecule has 0 aliphatic heterocycles. The van der Waals surface area contributed by atoms with Crippen molar-refractivity contribution in [3.8, 4) is 0 Å². The first-order chi connectivity index (χ1) is 16.9. The lowest BCUT2D eigenvalue weighted by Gasteiger charge is -2.07. The van der Waals surface area contributed by atoms with Crippen LogP contribution in [-0.2, 0) is 25.4 Å². The summed E-state index contributed by atoms with van der Waals surface area (Å²) in [6.45, 7) is 5.14. The van der Waals surface area contributed by atoms with Gasteiger partial charge in [0.25, 0.3) is 11.4 Å². The van der Waals surface area contributed by atoms with Crippen LogP contribution in [0.4, 0.5) is 21.9 Å². The lowest BCUT2D eigenvalue weighted by molar-refractivity contribution is -0.393. The normalized spacial score (nSPS) is 10.8. The Morgan fingerprint density at radius 3 is 2.29 bits per heavy atom. The summed E-state index contributed by atoms with van der Waals surface area (Å²) in [5.41, 5.74) is -0.0702. The van der Waals surface area contributed by atoms with Crippen molar-refractivity contribution in [2.24, 2.45) is 0 Å². The van der Waals surface area contributed by atoms with E-state index in [0.717, 1.165) is 12.5 Å². The van der Waals surface area contributed by atoms with Crippen LogP contribution in [0.3, 0.4) is 0 Å². The highest BCUT2D eigenvalue weighted by Gasteiger charge is 2.19. The predicted octanol–water partition coefficient (Wildman–Crippen LogP) is 2.80. The number of imidazole rings is 1. The van der Waals surface area contributed by atoms with Crippen molar-refractivity contribution in [2.75, 3.05) is 58.1 Å². The highest BCUT2D eigenvalue weighted by Crippen LogP contribution is 2.28. The minimum Gasteiger partial charge on any atom is -0.446 e. The van der Waals surface area contributed by atoms with Crippen molar-refractivity contribution < 1.29 is 33.6 Å². The third kappa shape index (κ3) is 10.0. The number of hydrogen-bond acceptors (Lipinski definition) is 11. The van der Waals surface area contributed by atoms with E-state index in [1.54, 1.807) is 0 Å². The van der Waals surface area contributed by atoms with E-state index in [1.807, 2.05) is 6.92 Å². The minimum atomic E-state index is -0.699. The summed E-state index contributed by atoms with van der Waals surface area (Å²) in [6.07, 6.45) is 3.50. The Balaban J connectivity index is 1.65. The second kappa shape index (κ2) is 15.3. The van der Waals surface area contributed by atoms with Gasteiger partial charge in [-0.25, -0.2) is 14.3 Å². The zero-order chi connectivity index (χ0) is 25.5. The van der Waals surface area contributed by atoms with Gasteiger partial charge in [0.1, 0.15) is 18.6 Å². The summed E-state index contributed by atoms with van der Waals surface area (Å²) in [5, 5.41) is 24.9. The van der Waals surface area contributed by atoms with Crippen LogP contribution < -0.4 is 5.32 Å². The molecule has 0 amide bonds. The first-order valence-electron chi connectivity index (χ1n) is 11.0. The van der Waals surface area contributed by atoms with Crippen LogP contribution in [-0.4, -0.2) is 78.3 Å². The van der Waals surface area contributed by atoms with Crippen molar-refractivity contribution >= 4 is 23.2 Å². The van der Waals surface area contributed by atoms with Gasteiger partial charge in [-0.05, 0) is 12.5 Å². The SMILES string of the molecule is CCCOCCOCCOCCOC(=O)n1cnc(CCNc2ccc([N+](=O)[O-])cc2[N+](=O)[O-])c1. The van der Waals surface area contributed by atoms with Crippen LogP contribution in [0.2, 0.25) is 0 Å². The minimum absolute atomic E-state index is 0.0668. The van der Waals surface area contributed by atoms with Crippen molar-refractivity contribution in [2.45, 2.75) is 19.8 Å². The molecule has 14 nitrogen and oxygen atoms in total. The van der Waals surface area contributed by atoms with Gasteiger partial charge in [-0.2, -0.15) is 0 Å². The number of nitrogens with one attached hydrogen (secondary N) is 1. The fourth-order valence-electron chi connectivity index (χ4n) is 2.80. The molecule has 1 aromatic heterocycles. The van der Waals surface area contributed by atoms with Crippen LogP contribution in [0, 0.1) is 20.2 Å². The Bertz CT molecular complexity index is 966. The van der Waals surface area contributed by atoms with Crippen molar-refractivity contribution in [1.29, 1.82) is 0 Å². The van der Waals surface area contributed by atoms with Gasteiger partial charge in [-0.15, -0.1) is 0 Å². The second-order valence-electron chi connectivity index (χ2n) is 7.12. The number of non-ortho nitro benzene ring substituents is 1. The van der Waals surface area contributed by atoms with Crippen LogP contribution in [0.1, 0.15) is 19.0 Å². The number of nitrogens with zero attached hydrogens (tertiary/aromatic N) is 4. The standard InChI is InChI=1S/C21H29N5O9/c1-2-7-32-8-9-33-10-11-34-12-13-35-21(27)24-15-17(23-16-24)5-6-22-19-4-3-18(25(28)29)14-20(19)26(30)31/h3-4,14-16,22H,2,5-13H2,1H3. The number of aromatic nitrogens is 2. The highest BCUT2D eigenvalue weighted by molar-refractivity contribution is 5.70. The number of anilines is 1. The Kier molecular flexibility index (Phi) is 12.1. The van der Waals surface area contributed by atoms with Gasteiger partial charge in [0.05, 0.1) is 54.6 Å². The first-order valence-corrected chi connectivity index (χ1v) is 11.0. The van der Waals surface area contributed by atoms with E-state index in [9.17, 15) is 25.0 Å². The molecule has 1 heterocycles. The number of rotatable bonds is 17. The second-order valence-corrected chi connectivity index (χ2v) is 7.12. The molecule has 0 radical (unpaired) electrons. The Morgan fingerprint density at radius 1 is 1.00 bits per heavy atom. The molecule has 1 N–H and O–H groups in total. The molecule has 0 unspecified atom stereocenters. The number of carbonyl (C=O) groups excluding carboxylic acids is 1. The fourth-order valence-corrected chi connectivity index (χ4v) is 2.80. The number of hydrogen-bond donors (Lipinski definition) is 1. The largest absolute Gasteiger partial charge is 0.446 e. The molecule has 2 aromatic rings. The third-order valence-corrected chi connectivity index (χ3v) is 4.48. The summed E-state index contributed by atoms with van der Waals surface area (Å²) in [6, 6.07) is 3.36. The molecule has 35 heavy (non-hydrogen) atoms.